The third kappa shape index (κ3) is 1.68. The van der Waals surface area contributed by atoms with Crippen molar-refractivity contribution in [2.75, 3.05) is 13.8 Å². The maximum absolute atomic E-state index is 5.42. The lowest BCUT2D eigenvalue weighted by Gasteiger charge is -2.11. The molecule has 0 bridgehead atoms. The molecule has 0 fully saturated rings. The van der Waals surface area contributed by atoms with Crippen molar-refractivity contribution < 1.29 is 9.47 Å². The van der Waals surface area contributed by atoms with Crippen molar-refractivity contribution in [2.45, 2.75) is 19.4 Å². The zero-order chi connectivity index (χ0) is 9.97. The molecule has 0 spiro atoms. The number of hydrogen-bond donors (Lipinski definition) is 1. The quantitative estimate of drug-likeness (QED) is 0.790. The van der Waals surface area contributed by atoms with E-state index in [4.69, 9.17) is 9.47 Å². The second-order valence-electron chi connectivity index (χ2n) is 3.54. The molecule has 1 atom stereocenters. The molecule has 3 heteroatoms. The molecule has 1 N–H and O–H groups in total. The lowest BCUT2D eigenvalue weighted by molar-refractivity contribution is 0.173. The van der Waals surface area contributed by atoms with Crippen molar-refractivity contribution in [3.63, 3.8) is 0 Å². The fourth-order valence-corrected chi connectivity index (χ4v) is 1.58. The van der Waals surface area contributed by atoms with E-state index >= 15 is 0 Å². The van der Waals surface area contributed by atoms with E-state index in [9.17, 15) is 0 Å². The van der Waals surface area contributed by atoms with Gasteiger partial charge in [0.1, 0.15) is 0 Å². The van der Waals surface area contributed by atoms with Crippen LogP contribution in [0, 0.1) is 0 Å². The number of nitrogens with one attached hydrogen (secondary N) is 1. The molecule has 1 aliphatic heterocycles. The fraction of sp³-hybridized carbons (Fsp3) is 0.455. The van der Waals surface area contributed by atoms with Crippen molar-refractivity contribution in [1.29, 1.82) is 0 Å². The molecule has 0 saturated heterocycles. The van der Waals surface area contributed by atoms with Gasteiger partial charge in [0, 0.05) is 6.04 Å². The summed E-state index contributed by atoms with van der Waals surface area (Å²) in [5.74, 6) is 1.78. The van der Waals surface area contributed by atoms with E-state index in [1.54, 1.807) is 0 Å². The monoisotopic (exact) mass is 193 g/mol. The van der Waals surface area contributed by atoms with Crippen LogP contribution in [0.1, 0.15) is 12.5 Å². The van der Waals surface area contributed by atoms with Gasteiger partial charge in [-0.05, 0) is 32.0 Å². The molecule has 14 heavy (non-hydrogen) atoms. The lowest BCUT2D eigenvalue weighted by Crippen LogP contribution is -2.23. The second-order valence-corrected chi connectivity index (χ2v) is 3.54. The Balaban J connectivity index is 2.22. The van der Waals surface area contributed by atoms with Gasteiger partial charge < -0.3 is 14.8 Å². The van der Waals surface area contributed by atoms with Gasteiger partial charge in [0.05, 0.1) is 0 Å². The van der Waals surface area contributed by atoms with Crippen LogP contribution in [-0.2, 0) is 6.42 Å². The average Bonchev–Trinajstić information content (AvgIpc) is 2.66. The summed E-state index contributed by atoms with van der Waals surface area (Å²) in [6.45, 7) is 2.50. The van der Waals surface area contributed by atoms with Gasteiger partial charge in [-0.1, -0.05) is 12.1 Å². The first-order chi connectivity index (χ1) is 6.81. The Morgan fingerprint density at radius 1 is 1.43 bits per heavy atom. The molecule has 0 aliphatic carbocycles. The first-order valence-corrected chi connectivity index (χ1v) is 4.86. The zero-order valence-electron chi connectivity index (χ0n) is 8.54. The maximum atomic E-state index is 5.42. The molecule has 0 radical (unpaired) electrons. The summed E-state index contributed by atoms with van der Waals surface area (Å²) in [5.41, 5.74) is 1.21. The van der Waals surface area contributed by atoms with Gasteiger partial charge >= 0.3 is 0 Å². The summed E-state index contributed by atoms with van der Waals surface area (Å²) in [4.78, 5) is 0. The summed E-state index contributed by atoms with van der Waals surface area (Å²) >= 11 is 0. The van der Waals surface area contributed by atoms with Gasteiger partial charge in [-0.25, -0.2) is 0 Å². The topological polar surface area (TPSA) is 30.5 Å². The number of benzene rings is 1. The van der Waals surface area contributed by atoms with Crippen molar-refractivity contribution in [3.05, 3.63) is 23.8 Å². The van der Waals surface area contributed by atoms with Gasteiger partial charge in [-0.15, -0.1) is 0 Å². The molecular formula is C11H15NO2. The number of ether oxygens (including phenoxy) is 2. The predicted molar refractivity (Wildman–Crippen MR) is 54.8 cm³/mol. The Bertz CT molecular complexity index is 325. The van der Waals surface area contributed by atoms with E-state index in [1.165, 1.54) is 5.56 Å². The van der Waals surface area contributed by atoms with E-state index in [-0.39, 0.29) is 0 Å². The van der Waals surface area contributed by atoms with E-state index in [2.05, 4.69) is 18.3 Å². The van der Waals surface area contributed by atoms with Crippen LogP contribution in [0.15, 0.2) is 18.2 Å². The minimum atomic E-state index is 0.348. The summed E-state index contributed by atoms with van der Waals surface area (Å²) in [5, 5.41) is 3.21. The van der Waals surface area contributed by atoms with Crippen LogP contribution in [0.25, 0.3) is 0 Å². The Morgan fingerprint density at radius 3 is 3.07 bits per heavy atom. The molecule has 1 heterocycles. The number of likely N-dealkylation sites (N-methyl/N-ethyl adjacent to an activating group) is 1. The highest BCUT2D eigenvalue weighted by Crippen LogP contribution is 2.35. The third-order valence-corrected chi connectivity index (χ3v) is 2.50. The Hall–Kier alpha value is -1.22. The maximum Gasteiger partial charge on any atom is 0.231 e. The second kappa shape index (κ2) is 3.88. The molecule has 76 valence electrons. The van der Waals surface area contributed by atoms with E-state index in [1.807, 2.05) is 19.2 Å². The van der Waals surface area contributed by atoms with Crippen LogP contribution < -0.4 is 14.8 Å². The van der Waals surface area contributed by atoms with Gasteiger partial charge in [0.25, 0.3) is 0 Å². The Kier molecular flexibility index (Phi) is 2.59. The summed E-state index contributed by atoms with van der Waals surface area (Å²) in [7, 11) is 1.96. The van der Waals surface area contributed by atoms with Crippen LogP contribution in [0.2, 0.25) is 0 Å². The number of fused-ring (bicyclic) bond motifs is 1. The molecule has 1 aromatic rings. The van der Waals surface area contributed by atoms with E-state index in [0.717, 1.165) is 17.9 Å². The van der Waals surface area contributed by atoms with Crippen molar-refractivity contribution in [2.24, 2.45) is 0 Å². The number of para-hydroxylation sites is 1. The molecule has 0 amide bonds. The minimum absolute atomic E-state index is 0.348. The predicted octanol–water partition coefficient (Wildman–Crippen LogP) is 1.57. The van der Waals surface area contributed by atoms with Crippen LogP contribution in [0.3, 0.4) is 0 Å². The number of hydrogen-bond acceptors (Lipinski definition) is 3. The van der Waals surface area contributed by atoms with E-state index in [0.29, 0.717) is 12.8 Å². The van der Waals surface area contributed by atoms with Crippen molar-refractivity contribution in [1.82, 2.24) is 5.32 Å². The number of rotatable bonds is 3. The first kappa shape index (κ1) is 9.34. The highest BCUT2D eigenvalue weighted by atomic mass is 16.7. The molecular weight excluding hydrogens is 178 g/mol. The molecule has 0 aromatic heterocycles. The first-order valence-electron chi connectivity index (χ1n) is 4.86. The molecule has 1 unspecified atom stereocenters. The van der Waals surface area contributed by atoms with Crippen LogP contribution >= 0.6 is 0 Å². The standard InChI is InChI=1S/C11H15NO2/c1-8(12-2)6-9-4-3-5-10-11(9)14-7-13-10/h3-5,8,12H,6-7H2,1-2H3. The van der Waals surface area contributed by atoms with Gasteiger partial charge in [-0.2, -0.15) is 0 Å². The van der Waals surface area contributed by atoms with Crippen molar-refractivity contribution >= 4 is 0 Å². The zero-order valence-corrected chi connectivity index (χ0v) is 8.54. The highest BCUT2D eigenvalue weighted by molar-refractivity contribution is 5.48. The SMILES string of the molecule is CNC(C)Cc1cccc2c1OCO2. The largest absolute Gasteiger partial charge is 0.454 e. The normalized spacial score (nSPS) is 15.6. The summed E-state index contributed by atoms with van der Waals surface area (Å²) < 4.78 is 10.7. The van der Waals surface area contributed by atoms with Crippen LogP contribution in [0.4, 0.5) is 0 Å². The molecule has 1 aromatic carbocycles. The lowest BCUT2D eigenvalue weighted by atomic mass is 10.1. The summed E-state index contributed by atoms with van der Waals surface area (Å²) in [6, 6.07) is 6.48. The minimum Gasteiger partial charge on any atom is -0.454 e. The van der Waals surface area contributed by atoms with Crippen LogP contribution in [0.5, 0.6) is 11.5 Å². The molecule has 3 nitrogen and oxygen atoms in total. The highest BCUT2D eigenvalue weighted by Gasteiger charge is 2.17. The Labute approximate surface area is 84.0 Å². The van der Waals surface area contributed by atoms with Gasteiger partial charge in [0.15, 0.2) is 11.5 Å². The van der Waals surface area contributed by atoms with Gasteiger partial charge in [0.2, 0.25) is 6.79 Å². The van der Waals surface area contributed by atoms with Crippen LogP contribution in [-0.4, -0.2) is 19.9 Å². The average molecular weight is 193 g/mol. The Morgan fingerprint density at radius 2 is 2.29 bits per heavy atom. The van der Waals surface area contributed by atoms with E-state index < -0.39 is 0 Å². The summed E-state index contributed by atoms with van der Waals surface area (Å²) in [6.07, 6.45) is 0.961. The van der Waals surface area contributed by atoms with Gasteiger partial charge in [-0.3, -0.25) is 0 Å². The fourth-order valence-electron chi connectivity index (χ4n) is 1.58. The smallest absolute Gasteiger partial charge is 0.231 e. The molecule has 0 saturated carbocycles. The van der Waals surface area contributed by atoms with Crippen molar-refractivity contribution in [3.8, 4) is 11.5 Å². The molecule has 1 aliphatic rings. The third-order valence-electron chi connectivity index (χ3n) is 2.50. The molecule has 2 rings (SSSR count).